The predicted octanol–water partition coefficient (Wildman–Crippen LogP) is 4.50. The summed E-state index contributed by atoms with van der Waals surface area (Å²) in [5.74, 6) is 0.817. The van der Waals surface area contributed by atoms with Crippen LogP contribution in [-0.4, -0.2) is 15.1 Å². The zero-order valence-electron chi connectivity index (χ0n) is 12.4. The fourth-order valence-electron chi connectivity index (χ4n) is 2.82. The predicted molar refractivity (Wildman–Crippen MR) is 86.5 cm³/mol. The van der Waals surface area contributed by atoms with Gasteiger partial charge in [-0.1, -0.05) is 35.5 Å². The molecule has 0 radical (unpaired) electrons. The van der Waals surface area contributed by atoms with Gasteiger partial charge in [-0.2, -0.15) is 0 Å². The van der Waals surface area contributed by atoms with Crippen LogP contribution in [0.25, 0.3) is 33.4 Å². The number of benzene rings is 1. The molecule has 108 valence electrons. The zero-order valence-corrected chi connectivity index (χ0v) is 12.4. The Labute approximate surface area is 127 Å². The number of aromatic nitrogens is 3. The second-order valence-corrected chi connectivity index (χ2v) is 5.41. The number of hydrogen-bond acceptors (Lipinski definition) is 3. The van der Waals surface area contributed by atoms with Crippen LogP contribution in [0.3, 0.4) is 0 Å². The summed E-state index contributed by atoms with van der Waals surface area (Å²) < 4.78 is 5.25. The summed E-state index contributed by atoms with van der Waals surface area (Å²) in [5.41, 5.74) is 6.05. The molecule has 3 heterocycles. The molecule has 3 aromatic heterocycles. The molecule has 4 rings (SSSR count). The highest BCUT2D eigenvalue weighted by Crippen LogP contribution is 2.30. The van der Waals surface area contributed by atoms with Gasteiger partial charge in [0.1, 0.15) is 11.4 Å². The lowest BCUT2D eigenvalue weighted by molar-refractivity contribution is 0.393. The molecule has 0 amide bonds. The average molecular weight is 289 g/mol. The number of aromatic amines is 1. The lowest BCUT2D eigenvalue weighted by atomic mass is 10.1. The molecule has 0 aliphatic rings. The molecule has 0 fully saturated rings. The SMILES string of the molecule is Cc1noc(C)c1-c1cnc2[nH]c(-c3ccccc3)cc2c1. The zero-order chi connectivity index (χ0) is 15.1. The summed E-state index contributed by atoms with van der Waals surface area (Å²) in [6.45, 7) is 3.87. The van der Waals surface area contributed by atoms with Crippen molar-refractivity contribution >= 4 is 11.0 Å². The summed E-state index contributed by atoms with van der Waals surface area (Å²) >= 11 is 0. The molecule has 0 aliphatic heterocycles. The van der Waals surface area contributed by atoms with Crippen molar-refractivity contribution < 1.29 is 4.52 Å². The van der Waals surface area contributed by atoms with Crippen molar-refractivity contribution in [3.63, 3.8) is 0 Å². The van der Waals surface area contributed by atoms with Gasteiger partial charge in [-0.3, -0.25) is 0 Å². The van der Waals surface area contributed by atoms with Gasteiger partial charge in [0, 0.05) is 28.4 Å². The van der Waals surface area contributed by atoms with E-state index in [4.69, 9.17) is 4.52 Å². The van der Waals surface area contributed by atoms with E-state index in [2.05, 4.69) is 39.4 Å². The third kappa shape index (κ3) is 2.00. The van der Waals surface area contributed by atoms with Crippen LogP contribution in [0.1, 0.15) is 11.5 Å². The number of aryl methyl sites for hydroxylation is 2. The van der Waals surface area contributed by atoms with Crippen LogP contribution in [0, 0.1) is 13.8 Å². The van der Waals surface area contributed by atoms with Crippen molar-refractivity contribution in [2.45, 2.75) is 13.8 Å². The van der Waals surface area contributed by atoms with Crippen molar-refractivity contribution in [1.29, 1.82) is 0 Å². The molecular weight excluding hydrogens is 274 g/mol. The largest absolute Gasteiger partial charge is 0.361 e. The van der Waals surface area contributed by atoms with E-state index < -0.39 is 0 Å². The minimum absolute atomic E-state index is 0.817. The Morgan fingerprint density at radius 2 is 1.82 bits per heavy atom. The van der Waals surface area contributed by atoms with Crippen molar-refractivity contribution in [1.82, 2.24) is 15.1 Å². The third-order valence-corrected chi connectivity index (χ3v) is 3.88. The number of nitrogens with one attached hydrogen (secondary N) is 1. The van der Waals surface area contributed by atoms with E-state index in [9.17, 15) is 0 Å². The highest BCUT2D eigenvalue weighted by atomic mass is 16.5. The van der Waals surface area contributed by atoms with E-state index in [1.54, 1.807) is 0 Å². The van der Waals surface area contributed by atoms with Gasteiger partial charge in [0.2, 0.25) is 0 Å². The Hall–Kier alpha value is -2.88. The van der Waals surface area contributed by atoms with Crippen LogP contribution in [0.5, 0.6) is 0 Å². The molecule has 0 bridgehead atoms. The van der Waals surface area contributed by atoms with Crippen LogP contribution >= 0.6 is 0 Å². The van der Waals surface area contributed by atoms with Crippen LogP contribution in [0.4, 0.5) is 0 Å². The van der Waals surface area contributed by atoms with E-state index in [1.165, 1.54) is 0 Å². The Morgan fingerprint density at radius 3 is 2.55 bits per heavy atom. The molecule has 1 aromatic carbocycles. The monoisotopic (exact) mass is 289 g/mol. The molecule has 4 aromatic rings. The van der Waals surface area contributed by atoms with E-state index >= 15 is 0 Å². The van der Waals surface area contributed by atoms with E-state index in [1.807, 2.05) is 38.2 Å². The lowest BCUT2D eigenvalue weighted by Crippen LogP contribution is -1.84. The molecule has 0 spiro atoms. The minimum Gasteiger partial charge on any atom is -0.361 e. The summed E-state index contributed by atoms with van der Waals surface area (Å²) in [6, 6.07) is 14.5. The van der Waals surface area contributed by atoms with Crippen LogP contribution in [0.2, 0.25) is 0 Å². The van der Waals surface area contributed by atoms with Crippen molar-refractivity contribution in [3.8, 4) is 22.4 Å². The van der Waals surface area contributed by atoms with Crippen LogP contribution < -0.4 is 0 Å². The average Bonchev–Trinajstić information content (AvgIpc) is 3.11. The van der Waals surface area contributed by atoms with Crippen molar-refractivity contribution in [3.05, 3.63) is 60.1 Å². The Morgan fingerprint density at radius 1 is 1.00 bits per heavy atom. The first-order valence-electron chi connectivity index (χ1n) is 7.20. The van der Waals surface area contributed by atoms with Gasteiger partial charge < -0.3 is 9.51 Å². The maximum atomic E-state index is 5.25. The van der Waals surface area contributed by atoms with Gasteiger partial charge in [-0.05, 0) is 31.5 Å². The van der Waals surface area contributed by atoms with E-state index in [0.29, 0.717) is 0 Å². The van der Waals surface area contributed by atoms with Gasteiger partial charge in [0.25, 0.3) is 0 Å². The Bertz CT molecular complexity index is 932. The first kappa shape index (κ1) is 12.8. The van der Waals surface area contributed by atoms with E-state index in [0.717, 1.165) is 44.9 Å². The summed E-state index contributed by atoms with van der Waals surface area (Å²) in [6.07, 6.45) is 1.86. The molecule has 4 heteroatoms. The number of nitrogens with zero attached hydrogens (tertiary/aromatic N) is 2. The minimum atomic E-state index is 0.817. The Balaban J connectivity index is 1.85. The summed E-state index contributed by atoms with van der Waals surface area (Å²) in [4.78, 5) is 7.90. The van der Waals surface area contributed by atoms with Gasteiger partial charge >= 0.3 is 0 Å². The first-order chi connectivity index (χ1) is 10.7. The summed E-state index contributed by atoms with van der Waals surface area (Å²) in [5, 5.41) is 5.09. The fourth-order valence-corrected chi connectivity index (χ4v) is 2.82. The normalized spacial score (nSPS) is 11.2. The van der Waals surface area contributed by atoms with E-state index in [-0.39, 0.29) is 0 Å². The van der Waals surface area contributed by atoms with Gasteiger partial charge in [0.05, 0.1) is 5.69 Å². The quantitative estimate of drug-likeness (QED) is 0.591. The van der Waals surface area contributed by atoms with Gasteiger partial charge in [-0.25, -0.2) is 4.98 Å². The molecule has 0 unspecified atom stereocenters. The standard InChI is InChI=1S/C18H15N3O/c1-11-17(12(2)22-21-11)15-8-14-9-16(20-18(14)19-10-15)13-6-4-3-5-7-13/h3-10H,1-2H3,(H,19,20). The number of fused-ring (bicyclic) bond motifs is 1. The second kappa shape index (κ2) is 4.84. The topological polar surface area (TPSA) is 54.7 Å². The number of H-pyrrole nitrogens is 1. The van der Waals surface area contributed by atoms with Crippen LogP contribution in [-0.2, 0) is 0 Å². The molecule has 1 N–H and O–H groups in total. The highest BCUT2D eigenvalue weighted by molar-refractivity contribution is 5.87. The van der Waals surface area contributed by atoms with Gasteiger partial charge in [0.15, 0.2) is 0 Å². The second-order valence-electron chi connectivity index (χ2n) is 5.41. The first-order valence-corrected chi connectivity index (χ1v) is 7.20. The molecular formula is C18H15N3O. The van der Waals surface area contributed by atoms with Gasteiger partial charge in [-0.15, -0.1) is 0 Å². The van der Waals surface area contributed by atoms with Crippen molar-refractivity contribution in [2.75, 3.05) is 0 Å². The molecule has 22 heavy (non-hydrogen) atoms. The molecule has 4 nitrogen and oxygen atoms in total. The molecule has 0 atom stereocenters. The van der Waals surface area contributed by atoms with Crippen LogP contribution in [0.15, 0.2) is 53.2 Å². The lowest BCUT2D eigenvalue weighted by Gasteiger charge is -1.99. The number of pyridine rings is 1. The fraction of sp³-hybridized carbons (Fsp3) is 0.111. The molecule has 0 saturated heterocycles. The maximum Gasteiger partial charge on any atom is 0.141 e. The number of rotatable bonds is 2. The number of hydrogen-bond donors (Lipinski definition) is 1. The third-order valence-electron chi connectivity index (χ3n) is 3.88. The highest BCUT2D eigenvalue weighted by Gasteiger charge is 2.13. The Kier molecular flexibility index (Phi) is 2.82. The molecule has 0 aliphatic carbocycles. The maximum absolute atomic E-state index is 5.25. The molecule has 0 saturated carbocycles. The smallest absolute Gasteiger partial charge is 0.141 e. The van der Waals surface area contributed by atoms with Crippen molar-refractivity contribution in [2.24, 2.45) is 0 Å². The summed E-state index contributed by atoms with van der Waals surface area (Å²) in [7, 11) is 0.